The van der Waals surface area contributed by atoms with Crippen molar-refractivity contribution in [2.24, 2.45) is 0 Å². The minimum atomic E-state index is -0.617. The number of hydrogen-bond donors (Lipinski definition) is 2. The number of aliphatic hydroxyl groups excluding tert-OH is 1. The zero-order valence-corrected chi connectivity index (χ0v) is 13.1. The van der Waals surface area contributed by atoms with E-state index in [0.29, 0.717) is 11.6 Å². The van der Waals surface area contributed by atoms with Crippen LogP contribution in [0.3, 0.4) is 0 Å². The minimum absolute atomic E-state index is 0.472. The zero-order valence-electron chi connectivity index (χ0n) is 12.3. The molecule has 0 spiro atoms. The van der Waals surface area contributed by atoms with Crippen molar-refractivity contribution < 1.29 is 5.11 Å². The van der Waals surface area contributed by atoms with Crippen molar-refractivity contribution in [1.82, 2.24) is 15.0 Å². The van der Waals surface area contributed by atoms with Gasteiger partial charge < -0.3 is 10.4 Å². The zero-order chi connectivity index (χ0) is 15.5. The first-order valence-corrected chi connectivity index (χ1v) is 7.78. The number of benzene rings is 1. The van der Waals surface area contributed by atoms with Gasteiger partial charge in [-0.05, 0) is 43.2 Å². The first kappa shape index (κ1) is 14.6. The van der Waals surface area contributed by atoms with Crippen LogP contribution in [0.4, 0.5) is 11.6 Å². The van der Waals surface area contributed by atoms with Crippen molar-refractivity contribution in [2.45, 2.75) is 20.0 Å². The summed E-state index contributed by atoms with van der Waals surface area (Å²) >= 11 is 1.60. The molecule has 2 aromatic heterocycles. The monoisotopic (exact) mass is 312 g/mol. The number of aromatic nitrogens is 3. The van der Waals surface area contributed by atoms with Crippen molar-refractivity contribution in [1.29, 1.82) is 0 Å². The van der Waals surface area contributed by atoms with Crippen LogP contribution in [0, 0.1) is 6.92 Å². The molecule has 6 heteroatoms. The standard InChI is InChI=1S/C16H16N4OS/c1-10-5-12(15-8-17-9-22-15)7-13(6-10)19-16-18-4-3-14(20-16)11(2)21/h3-9,11,21H,1-2H3,(H,18,19,20)/t11-/m0/s1. The third kappa shape index (κ3) is 3.29. The van der Waals surface area contributed by atoms with Crippen LogP contribution in [0.2, 0.25) is 0 Å². The highest BCUT2D eigenvalue weighted by atomic mass is 32.1. The predicted octanol–water partition coefficient (Wildman–Crippen LogP) is 3.71. The van der Waals surface area contributed by atoms with E-state index < -0.39 is 6.10 Å². The van der Waals surface area contributed by atoms with Crippen LogP contribution in [0.15, 0.2) is 42.2 Å². The van der Waals surface area contributed by atoms with Crippen LogP contribution >= 0.6 is 11.3 Å². The van der Waals surface area contributed by atoms with Gasteiger partial charge in [0.25, 0.3) is 0 Å². The molecule has 22 heavy (non-hydrogen) atoms. The molecule has 0 aliphatic heterocycles. The fraction of sp³-hybridized carbons (Fsp3) is 0.188. The van der Waals surface area contributed by atoms with Crippen LogP contribution < -0.4 is 5.32 Å². The number of aryl methyl sites for hydroxylation is 1. The number of nitrogens with zero attached hydrogens (tertiary/aromatic N) is 3. The number of nitrogens with one attached hydrogen (secondary N) is 1. The lowest BCUT2D eigenvalue weighted by Crippen LogP contribution is -2.02. The predicted molar refractivity (Wildman–Crippen MR) is 88.2 cm³/mol. The van der Waals surface area contributed by atoms with Gasteiger partial charge in [-0.25, -0.2) is 9.97 Å². The number of thiazole rings is 1. The van der Waals surface area contributed by atoms with Gasteiger partial charge in [0.2, 0.25) is 5.95 Å². The Morgan fingerprint density at radius 3 is 2.86 bits per heavy atom. The largest absolute Gasteiger partial charge is 0.387 e. The van der Waals surface area contributed by atoms with E-state index in [9.17, 15) is 5.11 Å². The summed E-state index contributed by atoms with van der Waals surface area (Å²) in [4.78, 5) is 13.7. The van der Waals surface area contributed by atoms with Gasteiger partial charge in [0.15, 0.2) is 0 Å². The normalized spacial score (nSPS) is 12.1. The average molecular weight is 312 g/mol. The lowest BCUT2D eigenvalue weighted by Gasteiger charge is -2.10. The summed E-state index contributed by atoms with van der Waals surface area (Å²) in [6, 6.07) is 7.89. The first-order valence-electron chi connectivity index (χ1n) is 6.90. The molecule has 112 valence electrons. The Kier molecular flexibility index (Phi) is 4.13. The molecule has 2 heterocycles. The molecule has 0 bridgehead atoms. The lowest BCUT2D eigenvalue weighted by molar-refractivity contribution is 0.194. The van der Waals surface area contributed by atoms with Gasteiger partial charge in [-0.2, -0.15) is 0 Å². The highest BCUT2D eigenvalue weighted by Crippen LogP contribution is 2.28. The van der Waals surface area contributed by atoms with Gasteiger partial charge in [0.05, 0.1) is 22.2 Å². The molecule has 0 fully saturated rings. The third-order valence-corrected chi connectivity index (χ3v) is 3.98. The molecule has 0 aliphatic carbocycles. The lowest BCUT2D eigenvalue weighted by atomic mass is 10.1. The first-order chi connectivity index (χ1) is 10.6. The highest BCUT2D eigenvalue weighted by molar-refractivity contribution is 7.13. The SMILES string of the molecule is Cc1cc(Nc2nccc([C@H](C)O)n2)cc(-c2cncs2)c1. The summed E-state index contributed by atoms with van der Waals surface area (Å²) in [5, 5.41) is 12.8. The quantitative estimate of drug-likeness (QED) is 0.768. The van der Waals surface area contributed by atoms with Crippen molar-refractivity contribution in [3.63, 3.8) is 0 Å². The third-order valence-electron chi connectivity index (χ3n) is 3.16. The topological polar surface area (TPSA) is 70.9 Å². The van der Waals surface area contributed by atoms with E-state index in [2.05, 4.69) is 26.3 Å². The van der Waals surface area contributed by atoms with Crippen LogP contribution in [0.5, 0.6) is 0 Å². The fourth-order valence-electron chi connectivity index (χ4n) is 2.15. The molecule has 0 radical (unpaired) electrons. The second-order valence-electron chi connectivity index (χ2n) is 5.06. The summed E-state index contributed by atoms with van der Waals surface area (Å²) in [6.07, 6.45) is 2.87. The van der Waals surface area contributed by atoms with Crippen LogP contribution in [-0.2, 0) is 0 Å². The molecular weight excluding hydrogens is 296 g/mol. The molecule has 2 N–H and O–H groups in total. The smallest absolute Gasteiger partial charge is 0.227 e. The maximum Gasteiger partial charge on any atom is 0.227 e. The Hall–Kier alpha value is -2.31. The van der Waals surface area contributed by atoms with Gasteiger partial charge in [-0.1, -0.05) is 6.07 Å². The number of hydrogen-bond acceptors (Lipinski definition) is 6. The second-order valence-corrected chi connectivity index (χ2v) is 5.95. The number of anilines is 2. The van der Waals surface area contributed by atoms with Crippen molar-refractivity contribution in [3.05, 3.63) is 53.4 Å². The van der Waals surface area contributed by atoms with Crippen molar-refractivity contribution in [2.75, 3.05) is 5.32 Å². The average Bonchev–Trinajstić information content (AvgIpc) is 3.01. The van der Waals surface area contributed by atoms with E-state index in [4.69, 9.17) is 0 Å². The molecule has 0 amide bonds. The summed E-state index contributed by atoms with van der Waals surface area (Å²) in [7, 11) is 0. The molecule has 0 aliphatic rings. The van der Waals surface area contributed by atoms with Crippen molar-refractivity contribution >= 4 is 23.0 Å². The Balaban J connectivity index is 1.91. The van der Waals surface area contributed by atoms with Gasteiger partial charge in [-0.15, -0.1) is 11.3 Å². The molecule has 3 aromatic rings. The molecule has 5 nitrogen and oxygen atoms in total. The molecule has 1 aromatic carbocycles. The van der Waals surface area contributed by atoms with E-state index in [0.717, 1.165) is 21.7 Å². The minimum Gasteiger partial charge on any atom is -0.387 e. The summed E-state index contributed by atoms with van der Waals surface area (Å²) in [5.74, 6) is 0.472. The van der Waals surface area contributed by atoms with Gasteiger partial charge in [0.1, 0.15) is 0 Å². The van der Waals surface area contributed by atoms with Crippen LogP contribution in [0.25, 0.3) is 10.4 Å². The van der Waals surface area contributed by atoms with E-state index >= 15 is 0 Å². The molecule has 0 saturated heterocycles. The molecular formula is C16H16N4OS. The Morgan fingerprint density at radius 1 is 1.27 bits per heavy atom. The summed E-state index contributed by atoms with van der Waals surface area (Å²) in [5.41, 5.74) is 5.57. The second kappa shape index (κ2) is 6.21. The molecule has 0 unspecified atom stereocenters. The molecule has 3 rings (SSSR count). The fourth-order valence-corrected chi connectivity index (χ4v) is 2.76. The summed E-state index contributed by atoms with van der Waals surface area (Å²) in [6.45, 7) is 3.73. The Bertz CT molecular complexity index is 772. The Labute approximate surface area is 132 Å². The molecule has 1 atom stereocenters. The van der Waals surface area contributed by atoms with E-state index in [1.165, 1.54) is 0 Å². The van der Waals surface area contributed by atoms with E-state index in [1.54, 1.807) is 30.5 Å². The van der Waals surface area contributed by atoms with Gasteiger partial charge in [0, 0.05) is 18.1 Å². The maximum absolute atomic E-state index is 9.60. The maximum atomic E-state index is 9.60. The van der Waals surface area contributed by atoms with Gasteiger partial charge in [-0.3, -0.25) is 4.98 Å². The number of aliphatic hydroxyl groups is 1. The number of rotatable bonds is 4. The highest BCUT2D eigenvalue weighted by Gasteiger charge is 2.07. The van der Waals surface area contributed by atoms with Crippen LogP contribution in [0.1, 0.15) is 24.3 Å². The summed E-state index contributed by atoms with van der Waals surface area (Å²) < 4.78 is 0. The van der Waals surface area contributed by atoms with Crippen molar-refractivity contribution in [3.8, 4) is 10.4 Å². The van der Waals surface area contributed by atoms with E-state index in [-0.39, 0.29) is 0 Å². The van der Waals surface area contributed by atoms with E-state index in [1.807, 2.05) is 30.8 Å². The molecule has 0 saturated carbocycles. The Morgan fingerprint density at radius 2 is 2.14 bits per heavy atom. The van der Waals surface area contributed by atoms with Crippen LogP contribution in [-0.4, -0.2) is 20.1 Å². The van der Waals surface area contributed by atoms with Gasteiger partial charge >= 0.3 is 0 Å².